The van der Waals surface area contributed by atoms with Gasteiger partial charge in [-0.05, 0) is 50.0 Å². The molecular formula is C19H32O3. The molecule has 1 aliphatic rings. The molecule has 4 atom stereocenters. The van der Waals surface area contributed by atoms with Gasteiger partial charge in [0.25, 0.3) is 5.79 Å². The number of allylic oxidation sites excluding steroid dienone is 2. The molecule has 0 radical (unpaired) electrons. The van der Waals surface area contributed by atoms with Crippen LogP contribution in [0.5, 0.6) is 0 Å². The van der Waals surface area contributed by atoms with Crippen LogP contribution in [-0.4, -0.2) is 16.7 Å². The Kier molecular flexibility index (Phi) is 6.42. The Bertz CT molecular complexity index is 471. The summed E-state index contributed by atoms with van der Waals surface area (Å²) in [5, 5.41) is 9.92. The number of carbonyl (C=O) groups is 1. The molecule has 126 valence electrons. The third-order valence-corrected chi connectivity index (χ3v) is 4.57. The van der Waals surface area contributed by atoms with E-state index in [9.17, 15) is 9.90 Å². The van der Waals surface area contributed by atoms with Crippen molar-refractivity contribution < 1.29 is 14.6 Å². The molecule has 1 rings (SSSR count). The van der Waals surface area contributed by atoms with Gasteiger partial charge < -0.3 is 9.84 Å². The van der Waals surface area contributed by atoms with E-state index in [1.165, 1.54) is 19.8 Å². The van der Waals surface area contributed by atoms with Crippen molar-refractivity contribution in [2.75, 3.05) is 0 Å². The van der Waals surface area contributed by atoms with E-state index in [-0.39, 0.29) is 5.78 Å². The van der Waals surface area contributed by atoms with Gasteiger partial charge in [-0.25, -0.2) is 0 Å². The summed E-state index contributed by atoms with van der Waals surface area (Å²) in [6, 6.07) is 0. The highest BCUT2D eigenvalue weighted by atomic mass is 16.6. The Morgan fingerprint density at radius 3 is 2.32 bits per heavy atom. The normalized spacial score (nSPS) is 26.9. The molecule has 3 heteroatoms. The van der Waals surface area contributed by atoms with Crippen molar-refractivity contribution in [1.82, 2.24) is 0 Å². The molecule has 1 unspecified atom stereocenters. The predicted octanol–water partition coefficient (Wildman–Crippen LogP) is 4.61. The van der Waals surface area contributed by atoms with E-state index < -0.39 is 5.79 Å². The second-order valence-corrected chi connectivity index (χ2v) is 7.29. The third kappa shape index (κ3) is 4.70. The van der Waals surface area contributed by atoms with E-state index in [0.29, 0.717) is 23.2 Å². The van der Waals surface area contributed by atoms with Crippen LogP contribution in [0, 0.1) is 17.8 Å². The smallest absolute Gasteiger partial charge is 0.269 e. The quantitative estimate of drug-likeness (QED) is 0.747. The zero-order valence-corrected chi connectivity index (χ0v) is 15.2. The number of aliphatic hydroxyl groups is 1. The molecule has 1 N–H and O–H groups in total. The number of ether oxygens (including phenoxy) is 1. The molecule has 1 heterocycles. The summed E-state index contributed by atoms with van der Waals surface area (Å²) in [6.07, 6.45) is 5.75. The fourth-order valence-corrected chi connectivity index (χ4v) is 3.30. The van der Waals surface area contributed by atoms with Crippen molar-refractivity contribution in [3.8, 4) is 0 Å². The summed E-state index contributed by atoms with van der Waals surface area (Å²) >= 11 is 0. The van der Waals surface area contributed by atoms with Gasteiger partial charge in [0.15, 0.2) is 0 Å². The molecule has 0 aromatic heterocycles. The highest BCUT2D eigenvalue weighted by Gasteiger charge is 2.42. The number of ketones is 1. The lowest BCUT2D eigenvalue weighted by Gasteiger charge is -2.20. The molecule has 0 amide bonds. The van der Waals surface area contributed by atoms with E-state index >= 15 is 0 Å². The minimum Gasteiger partial charge on any atom is -0.454 e. The molecular weight excluding hydrogens is 276 g/mol. The number of hydrogen-bond donors (Lipinski definition) is 1. The Morgan fingerprint density at radius 2 is 1.86 bits per heavy atom. The number of Topliss-reactive ketones (excluding diaryl/α,β-unsaturated/α-hetero) is 1. The van der Waals surface area contributed by atoms with E-state index in [1.807, 2.05) is 6.92 Å². The van der Waals surface area contributed by atoms with Gasteiger partial charge in [-0.3, -0.25) is 4.79 Å². The topological polar surface area (TPSA) is 46.5 Å². The Hall–Kier alpha value is -1.09. The van der Waals surface area contributed by atoms with Crippen LogP contribution >= 0.6 is 0 Å². The van der Waals surface area contributed by atoms with Crippen molar-refractivity contribution in [3.05, 3.63) is 23.0 Å². The first-order chi connectivity index (χ1) is 10.1. The first-order valence-corrected chi connectivity index (χ1v) is 8.44. The summed E-state index contributed by atoms with van der Waals surface area (Å²) in [6.45, 7) is 14.1. The molecule has 0 saturated heterocycles. The fraction of sp³-hybridized carbons (Fsp3) is 0.737. The van der Waals surface area contributed by atoms with Crippen LogP contribution < -0.4 is 0 Å². The number of hydrogen-bond acceptors (Lipinski definition) is 3. The summed E-state index contributed by atoms with van der Waals surface area (Å²) in [4.78, 5) is 11.9. The SMILES string of the molecule is CC[C@H](C)C[C@@H](C)C[C@H](C)/C=C(\C)C1=C(C)C(=O)C(C)(O)O1. The lowest BCUT2D eigenvalue weighted by molar-refractivity contribution is -0.169. The molecule has 0 aliphatic carbocycles. The summed E-state index contributed by atoms with van der Waals surface area (Å²) in [5.74, 6) is 0.358. The summed E-state index contributed by atoms with van der Waals surface area (Å²) in [7, 11) is 0. The van der Waals surface area contributed by atoms with E-state index in [1.54, 1.807) is 6.92 Å². The van der Waals surface area contributed by atoms with Gasteiger partial charge in [0.2, 0.25) is 5.78 Å². The van der Waals surface area contributed by atoms with E-state index in [2.05, 4.69) is 33.8 Å². The minimum atomic E-state index is -1.71. The zero-order chi connectivity index (χ0) is 17.1. The first kappa shape index (κ1) is 19.0. The zero-order valence-electron chi connectivity index (χ0n) is 15.2. The van der Waals surface area contributed by atoms with Crippen molar-refractivity contribution in [3.63, 3.8) is 0 Å². The van der Waals surface area contributed by atoms with Gasteiger partial charge in [0.05, 0.1) is 0 Å². The summed E-state index contributed by atoms with van der Waals surface area (Å²) < 4.78 is 5.44. The van der Waals surface area contributed by atoms with Gasteiger partial charge in [0, 0.05) is 12.5 Å². The van der Waals surface area contributed by atoms with E-state index in [4.69, 9.17) is 4.74 Å². The highest BCUT2D eigenvalue weighted by molar-refractivity contribution is 6.03. The number of rotatable bonds is 7. The van der Waals surface area contributed by atoms with Crippen LogP contribution in [0.1, 0.15) is 67.7 Å². The van der Waals surface area contributed by atoms with Crippen LogP contribution in [0.2, 0.25) is 0 Å². The molecule has 0 spiro atoms. The maximum absolute atomic E-state index is 11.9. The molecule has 1 aliphatic heterocycles. The molecule has 0 aromatic carbocycles. The molecule has 0 saturated carbocycles. The molecule has 0 aromatic rings. The van der Waals surface area contributed by atoms with Crippen LogP contribution in [0.15, 0.2) is 23.0 Å². The molecule has 0 bridgehead atoms. The van der Waals surface area contributed by atoms with Crippen molar-refractivity contribution in [1.29, 1.82) is 0 Å². The second-order valence-electron chi connectivity index (χ2n) is 7.29. The minimum absolute atomic E-state index is 0.340. The van der Waals surface area contributed by atoms with Crippen LogP contribution in [0.3, 0.4) is 0 Å². The van der Waals surface area contributed by atoms with Gasteiger partial charge in [-0.1, -0.05) is 40.2 Å². The standard InChI is InChI=1S/C19H32O3/c1-8-12(2)9-13(3)10-14(4)11-15(5)17-16(6)18(20)19(7,21)22-17/h11-14,21H,8-10H2,1-7H3/b15-11+/t12-,13+,14-,19?/m0/s1. The second kappa shape index (κ2) is 7.45. The Morgan fingerprint density at radius 1 is 1.27 bits per heavy atom. The average Bonchev–Trinajstić information content (AvgIpc) is 2.61. The van der Waals surface area contributed by atoms with E-state index in [0.717, 1.165) is 17.9 Å². The molecule has 0 fully saturated rings. The maximum Gasteiger partial charge on any atom is 0.269 e. The number of carbonyl (C=O) groups excluding carboxylic acids is 1. The maximum atomic E-state index is 11.9. The predicted molar refractivity (Wildman–Crippen MR) is 90.2 cm³/mol. The Balaban J connectivity index is 2.71. The molecule has 3 nitrogen and oxygen atoms in total. The lowest BCUT2D eigenvalue weighted by Crippen LogP contribution is -2.32. The van der Waals surface area contributed by atoms with Gasteiger partial charge in [-0.15, -0.1) is 0 Å². The van der Waals surface area contributed by atoms with Crippen LogP contribution in [0.25, 0.3) is 0 Å². The van der Waals surface area contributed by atoms with Gasteiger partial charge in [0.1, 0.15) is 5.76 Å². The average molecular weight is 308 g/mol. The van der Waals surface area contributed by atoms with Crippen LogP contribution in [0.4, 0.5) is 0 Å². The Labute approximate surface area is 135 Å². The van der Waals surface area contributed by atoms with Crippen LogP contribution in [-0.2, 0) is 9.53 Å². The lowest BCUT2D eigenvalue weighted by atomic mass is 9.88. The fourth-order valence-electron chi connectivity index (χ4n) is 3.30. The largest absolute Gasteiger partial charge is 0.454 e. The van der Waals surface area contributed by atoms with Crippen molar-refractivity contribution in [2.24, 2.45) is 17.8 Å². The summed E-state index contributed by atoms with van der Waals surface area (Å²) in [5.41, 5.74) is 1.45. The molecule has 22 heavy (non-hydrogen) atoms. The third-order valence-electron chi connectivity index (χ3n) is 4.57. The van der Waals surface area contributed by atoms with Gasteiger partial charge >= 0.3 is 0 Å². The van der Waals surface area contributed by atoms with Gasteiger partial charge in [-0.2, -0.15) is 0 Å². The monoisotopic (exact) mass is 308 g/mol. The van der Waals surface area contributed by atoms with Crippen molar-refractivity contribution >= 4 is 5.78 Å². The van der Waals surface area contributed by atoms with Crippen molar-refractivity contribution in [2.45, 2.75) is 73.5 Å². The highest BCUT2D eigenvalue weighted by Crippen LogP contribution is 2.33. The first-order valence-electron chi connectivity index (χ1n) is 8.44.